The van der Waals surface area contributed by atoms with Crippen LogP contribution in [0.15, 0.2) is 36.5 Å². The second-order valence-corrected chi connectivity index (χ2v) is 22.8. The van der Waals surface area contributed by atoms with E-state index in [0.717, 1.165) is 51.4 Å². The lowest BCUT2D eigenvalue weighted by Gasteiger charge is -2.28. The van der Waals surface area contributed by atoms with E-state index in [1.165, 1.54) is 199 Å². The van der Waals surface area contributed by atoms with Crippen molar-refractivity contribution in [2.75, 3.05) is 47.5 Å². The number of carbonyl (C=O) groups is 2. The van der Waals surface area contributed by atoms with Gasteiger partial charge in [0.1, 0.15) is 19.8 Å². The van der Waals surface area contributed by atoms with Crippen molar-refractivity contribution in [2.24, 2.45) is 0 Å². The van der Waals surface area contributed by atoms with Gasteiger partial charge >= 0.3 is 11.9 Å². The minimum atomic E-state index is -4.63. The Morgan fingerprint density at radius 3 is 1.17 bits per heavy atom. The molecule has 0 aromatic rings. The van der Waals surface area contributed by atoms with Crippen molar-refractivity contribution in [1.29, 1.82) is 0 Å². The molecule has 70 heavy (non-hydrogen) atoms. The third-order valence-electron chi connectivity index (χ3n) is 13.1. The largest absolute Gasteiger partial charge is 0.756 e. The molecule has 0 amide bonds. The standard InChI is InChI=1S/C60H114NO8P/c1-6-8-10-12-14-16-18-20-22-24-25-26-27-28-29-30-31-32-33-34-35-37-38-40-42-44-46-48-50-52-59(62)66-56-58(57-68-70(64,65)67-55-54-61(3,4)5)69-60(63)53-51-49-47-45-43-41-39-36-23-21-19-17-15-13-11-9-7-2/h15,17,21,23-25,58H,6-14,16,18-20,22,26-57H2,1-5H3/b17-15-,23-21-,25-24-. The van der Waals surface area contributed by atoms with E-state index in [2.05, 4.69) is 50.3 Å². The quantitative estimate of drug-likeness (QED) is 0.0195. The average molecular weight is 1010 g/mol. The number of likely N-dealkylation sites (N-methyl/N-ethyl adjacent to an activating group) is 1. The van der Waals surface area contributed by atoms with E-state index in [1.54, 1.807) is 0 Å². The number of hydrogen-bond donors (Lipinski definition) is 0. The fraction of sp³-hybridized carbons (Fsp3) is 0.867. The van der Waals surface area contributed by atoms with Gasteiger partial charge in [-0.2, -0.15) is 0 Å². The molecule has 0 heterocycles. The molecule has 0 fully saturated rings. The lowest BCUT2D eigenvalue weighted by Crippen LogP contribution is -2.37. The molecule has 0 aliphatic rings. The Bertz CT molecular complexity index is 1280. The minimum absolute atomic E-state index is 0.0313. The zero-order valence-electron chi connectivity index (χ0n) is 46.7. The molecule has 0 rings (SSSR count). The first-order valence-corrected chi connectivity index (χ1v) is 31.2. The van der Waals surface area contributed by atoms with Crippen LogP contribution in [-0.2, 0) is 32.7 Å². The smallest absolute Gasteiger partial charge is 0.306 e. The molecule has 0 N–H and O–H groups in total. The summed E-state index contributed by atoms with van der Waals surface area (Å²) in [5.41, 5.74) is 0. The van der Waals surface area contributed by atoms with Gasteiger partial charge in [0.2, 0.25) is 0 Å². The maximum Gasteiger partial charge on any atom is 0.306 e. The summed E-state index contributed by atoms with van der Waals surface area (Å²) in [7, 11) is 1.17. The lowest BCUT2D eigenvalue weighted by molar-refractivity contribution is -0.870. The third-order valence-corrected chi connectivity index (χ3v) is 14.1. The second kappa shape index (κ2) is 52.1. The van der Waals surface area contributed by atoms with Crippen LogP contribution in [0.1, 0.15) is 284 Å². The molecule has 0 bridgehead atoms. The molecule has 412 valence electrons. The van der Waals surface area contributed by atoms with Crippen LogP contribution < -0.4 is 4.89 Å². The fourth-order valence-electron chi connectivity index (χ4n) is 8.51. The zero-order valence-corrected chi connectivity index (χ0v) is 47.6. The summed E-state index contributed by atoms with van der Waals surface area (Å²) >= 11 is 0. The monoisotopic (exact) mass is 1010 g/mol. The number of ether oxygens (including phenoxy) is 2. The van der Waals surface area contributed by atoms with E-state index in [-0.39, 0.29) is 32.0 Å². The zero-order chi connectivity index (χ0) is 51.3. The third kappa shape index (κ3) is 55.5. The Kier molecular flexibility index (Phi) is 50.8. The number of carbonyl (C=O) groups excluding carboxylic acids is 2. The maximum absolute atomic E-state index is 12.8. The molecule has 0 saturated heterocycles. The molecule has 0 aliphatic carbocycles. The molecule has 0 aliphatic heterocycles. The Labute approximate surface area is 433 Å². The van der Waals surface area contributed by atoms with Crippen molar-refractivity contribution < 1.29 is 42.1 Å². The Balaban J connectivity index is 4.06. The first-order valence-electron chi connectivity index (χ1n) is 29.7. The molecule has 0 saturated carbocycles. The summed E-state index contributed by atoms with van der Waals surface area (Å²) in [6.45, 7) is 4.24. The summed E-state index contributed by atoms with van der Waals surface area (Å²) in [6, 6.07) is 0. The summed E-state index contributed by atoms with van der Waals surface area (Å²) in [4.78, 5) is 37.8. The van der Waals surface area contributed by atoms with Gasteiger partial charge in [0, 0.05) is 12.8 Å². The average Bonchev–Trinajstić information content (AvgIpc) is 3.32. The van der Waals surface area contributed by atoms with Crippen LogP contribution in [-0.4, -0.2) is 70.0 Å². The molecule has 10 heteroatoms. The summed E-state index contributed by atoms with van der Waals surface area (Å²) in [6.07, 6.45) is 63.4. The topological polar surface area (TPSA) is 111 Å². The fourth-order valence-corrected chi connectivity index (χ4v) is 9.24. The minimum Gasteiger partial charge on any atom is -0.756 e. The number of unbranched alkanes of at least 4 members (excludes halogenated alkanes) is 35. The first kappa shape index (κ1) is 68.2. The van der Waals surface area contributed by atoms with Gasteiger partial charge in [0.25, 0.3) is 7.82 Å². The van der Waals surface area contributed by atoms with Crippen LogP contribution in [0.25, 0.3) is 0 Å². The number of phosphoric acid groups is 1. The lowest BCUT2D eigenvalue weighted by atomic mass is 10.0. The SMILES string of the molecule is CCCCC/C=C\C/C=C\CCCCCCCCCC(=O)OC(COC(=O)CCCCCCCCCCCCCCCCCCC/C=C\CCCCCCCCCC)COP(=O)([O-])OCC[N+](C)(C)C. The number of allylic oxidation sites excluding steroid dienone is 6. The second-order valence-electron chi connectivity index (χ2n) is 21.4. The van der Waals surface area contributed by atoms with Gasteiger partial charge in [-0.25, -0.2) is 0 Å². The molecule has 2 atom stereocenters. The van der Waals surface area contributed by atoms with Gasteiger partial charge in [0.05, 0.1) is 27.7 Å². The first-order chi connectivity index (χ1) is 34.0. The number of hydrogen-bond acceptors (Lipinski definition) is 8. The number of phosphoric ester groups is 1. The van der Waals surface area contributed by atoms with E-state index < -0.39 is 26.5 Å². The predicted molar refractivity (Wildman–Crippen MR) is 296 cm³/mol. The number of rotatable bonds is 55. The summed E-state index contributed by atoms with van der Waals surface area (Å²) < 4.78 is 34.1. The van der Waals surface area contributed by atoms with Gasteiger partial charge in [-0.3, -0.25) is 14.2 Å². The highest BCUT2D eigenvalue weighted by molar-refractivity contribution is 7.45. The molecule has 0 aromatic heterocycles. The van der Waals surface area contributed by atoms with Gasteiger partial charge < -0.3 is 27.9 Å². The van der Waals surface area contributed by atoms with E-state index >= 15 is 0 Å². The van der Waals surface area contributed by atoms with Crippen LogP contribution in [0.5, 0.6) is 0 Å². The molecule has 9 nitrogen and oxygen atoms in total. The van der Waals surface area contributed by atoms with Crippen LogP contribution in [0, 0.1) is 0 Å². The normalized spacial score (nSPS) is 13.5. The van der Waals surface area contributed by atoms with Crippen molar-refractivity contribution in [3.8, 4) is 0 Å². The highest BCUT2D eigenvalue weighted by atomic mass is 31.2. The highest BCUT2D eigenvalue weighted by Crippen LogP contribution is 2.38. The van der Waals surface area contributed by atoms with Crippen molar-refractivity contribution in [2.45, 2.75) is 290 Å². The van der Waals surface area contributed by atoms with Gasteiger partial charge in [-0.1, -0.05) is 237 Å². The van der Waals surface area contributed by atoms with Crippen LogP contribution in [0.2, 0.25) is 0 Å². The molecule has 0 spiro atoms. The maximum atomic E-state index is 12.8. The molecule has 0 aromatic carbocycles. The molecule has 2 unspecified atom stereocenters. The van der Waals surface area contributed by atoms with E-state index in [0.29, 0.717) is 17.4 Å². The summed E-state index contributed by atoms with van der Waals surface area (Å²) in [5.74, 6) is -0.831. The van der Waals surface area contributed by atoms with Crippen molar-refractivity contribution in [1.82, 2.24) is 0 Å². The van der Waals surface area contributed by atoms with Gasteiger partial charge in [-0.15, -0.1) is 0 Å². The Morgan fingerprint density at radius 2 is 0.771 bits per heavy atom. The number of nitrogens with zero attached hydrogens (tertiary/aromatic N) is 1. The van der Waals surface area contributed by atoms with Crippen molar-refractivity contribution >= 4 is 19.8 Å². The van der Waals surface area contributed by atoms with E-state index in [1.807, 2.05) is 21.1 Å². The predicted octanol–water partition coefficient (Wildman–Crippen LogP) is 17.7. The van der Waals surface area contributed by atoms with Gasteiger partial charge in [0.15, 0.2) is 6.10 Å². The van der Waals surface area contributed by atoms with Crippen molar-refractivity contribution in [3.63, 3.8) is 0 Å². The van der Waals surface area contributed by atoms with Crippen LogP contribution in [0.3, 0.4) is 0 Å². The van der Waals surface area contributed by atoms with Crippen LogP contribution >= 0.6 is 7.82 Å². The van der Waals surface area contributed by atoms with Gasteiger partial charge in [-0.05, 0) is 70.6 Å². The molecular formula is C60H114NO8P. The van der Waals surface area contributed by atoms with E-state index in [4.69, 9.17) is 18.5 Å². The molecular weight excluding hydrogens is 894 g/mol. The van der Waals surface area contributed by atoms with Crippen LogP contribution in [0.4, 0.5) is 0 Å². The Hall–Kier alpha value is -1.77. The number of esters is 2. The number of quaternary nitrogens is 1. The highest BCUT2D eigenvalue weighted by Gasteiger charge is 2.22. The van der Waals surface area contributed by atoms with Crippen molar-refractivity contribution in [3.05, 3.63) is 36.5 Å². The summed E-state index contributed by atoms with van der Waals surface area (Å²) in [5, 5.41) is 0. The van der Waals surface area contributed by atoms with E-state index in [9.17, 15) is 19.0 Å². The molecule has 0 radical (unpaired) electrons. The Morgan fingerprint density at radius 1 is 0.443 bits per heavy atom.